The molecule has 2 aromatic carbocycles. The van der Waals surface area contributed by atoms with Gasteiger partial charge in [-0.05, 0) is 35.7 Å². The van der Waals surface area contributed by atoms with Crippen LogP contribution in [-0.4, -0.2) is 23.5 Å². The Morgan fingerprint density at radius 1 is 1.04 bits per heavy atom. The maximum atomic E-state index is 12.0. The molecule has 0 aliphatic heterocycles. The number of carboxylic acids is 1. The highest BCUT2D eigenvalue weighted by molar-refractivity contribution is 6.06. The number of fused-ring (bicyclic) bond motifs is 3. The molecule has 0 bridgehead atoms. The second kappa shape index (κ2) is 7.17. The summed E-state index contributed by atoms with van der Waals surface area (Å²) in [5.41, 5.74) is 0.776. The minimum absolute atomic E-state index is 0.117. The third kappa shape index (κ3) is 3.74. The monoisotopic (exact) mass is 325 g/mol. The first-order valence-corrected chi connectivity index (χ1v) is 8.02. The van der Waals surface area contributed by atoms with E-state index in [0.29, 0.717) is 25.1 Å². The molecular formula is C19H19NO4. The lowest BCUT2D eigenvalue weighted by Gasteiger charge is -2.02. The molecule has 5 heteroatoms. The Morgan fingerprint density at radius 3 is 2.71 bits per heavy atom. The van der Waals surface area contributed by atoms with Crippen LogP contribution in [0.1, 0.15) is 25.0 Å². The lowest BCUT2D eigenvalue weighted by atomic mass is 10.1. The molecule has 0 fully saturated rings. The number of aliphatic carboxylic acids is 1. The Bertz CT molecular complexity index is 881. The Morgan fingerprint density at radius 2 is 1.88 bits per heavy atom. The van der Waals surface area contributed by atoms with Crippen LogP contribution in [0.25, 0.3) is 21.7 Å². The molecule has 24 heavy (non-hydrogen) atoms. The van der Waals surface area contributed by atoms with E-state index in [4.69, 9.17) is 9.52 Å². The molecule has 0 atom stereocenters. The normalized spacial score (nSPS) is 11.0. The Labute approximate surface area is 139 Å². The number of unbranched alkanes of at least 4 members (excludes halogenated alkanes) is 1. The van der Waals surface area contributed by atoms with Crippen LogP contribution in [0, 0.1) is 0 Å². The number of carbonyl (C=O) groups is 2. The molecule has 0 saturated heterocycles. The van der Waals surface area contributed by atoms with Crippen LogP contribution in [0.5, 0.6) is 0 Å². The molecule has 0 spiro atoms. The van der Waals surface area contributed by atoms with Gasteiger partial charge in [-0.1, -0.05) is 30.3 Å². The highest BCUT2D eigenvalue weighted by atomic mass is 16.4. The van der Waals surface area contributed by atoms with Crippen molar-refractivity contribution in [3.63, 3.8) is 0 Å². The molecule has 1 amide bonds. The van der Waals surface area contributed by atoms with Crippen LogP contribution in [-0.2, 0) is 16.0 Å². The first kappa shape index (κ1) is 16.1. The van der Waals surface area contributed by atoms with Crippen molar-refractivity contribution < 1.29 is 19.1 Å². The molecule has 2 N–H and O–H groups in total. The van der Waals surface area contributed by atoms with Crippen molar-refractivity contribution in [3.05, 3.63) is 48.2 Å². The molecule has 124 valence electrons. The summed E-state index contributed by atoms with van der Waals surface area (Å²) in [4.78, 5) is 22.4. The molecule has 0 unspecified atom stereocenters. The van der Waals surface area contributed by atoms with Crippen molar-refractivity contribution in [1.29, 1.82) is 0 Å². The van der Waals surface area contributed by atoms with Gasteiger partial charge < -0.3 is 14.8 Å². The van der Waals surface area contributed by atoms with E-state index in [2.05, 4.69) is 5.32 Å². The molecule has 1 heterocycles. The van der Waals surface area contributed by atoms with Gasteiger partial charge in [0.05, 0.1) is 6.42 Å². The fraction of sp³-hybridized carbons (Fsp3) is 0.263. The molecule has 3 rings (SSSR count). The summed E-state index contributed by atoms with van der Waals surface area (Å²) < 4.78 is 5.77. The van der Waals surface area contributed by atoms with Gasteiger partial charge in [0.2, 0.25) is 5.91 Å². The van der Waals surface area contributed by atoms with Gasteiger partial charge in [0, 0.05) is 18.4 Å². The second-order valence-corrected chi connectivity index (χ2v) is 5.79. The van der Waals surface area contributed by atoms with E-state index in [1.807, 2.05) is 42.5 Å². The van der Waals surface area contributed by atoms with Crippen LogP contribution in [0.4, 0.5) is 0 Å². The second-order valence-electron chi connectivity index (χ2n) is 5.79. The van der Waals surface area contributed by atoms with Crippen LogP contribution >= 0.6 is 0 Å². The number of hydrogen-bond acceptors (Lipinski definition) is 3. The summed E-state index contributed by atoms with van der Waals surface area (Å²) in [6, 6.07) is 13.9. The van der Waals surface area contributed by atoms with E-state index < -0.39 is 5.97 Å². The number of carbonyl (C=O) groups excluding carboxylic acids is 1. The molecule has 3 aromatic rings. The van der Waals surface area contributed by atoms with Crippen molar-refractivity contribution in [1.82, 2.24) is 5.32 Å². The van der Waals surface area contributed by atoms with Crippen molar-refractivity contribution in [3.8, 4) is 0 Å². The molecular weight excluding hydrogens is 306 g/mol. The predicted octanol–water partition coefficient (Wildman–Crippen LogP) is 3.50. The van der Waals surface area contributed by atoms with Gasteiger partial charge in [0.25, 0.3) is 0 Å². The third-order valence-corrected chi connectivity index (χ3v) is 3.95. The van der Waals surface area contributed by atoms with Gasteiger partial charge in [-0.25, -0.2) is 0 Å². The van der Waals surface area contributed by atoms with Gasteiger partial charge in [-0.15, -0.1) is 0 Å². The van der Waals surface area contributed by atoms with E-state index >= 15 is 0 Å². The topological polar surface area (TPSA) is 79.5 Å². The predicted molar refractivity (Wildman–Crippen MR) is 91.9 cm³/mol. The Balaban J connectivity index is 1.62. The average molecular weight is 325 g/mol. The number of nitrogens with one attached hydrogen (secondary N) is 1. The Kier molecular flexibility index (Phi) is 4.79. The summed E-state index contributed by atoms with van der Waals surface area (Å²) in [6.45, 7) is 0.481. The zero-order valence-electron chi connectivity index (χ0n) is 13.2. The molecule has 0 saturated carbocycles. The number of furan rings is 1. The zero-order chi connectivity index (χ0) is 16.9. The highest BCUT2D eigenvalue weighted by Gasteiger charge is 2.10. The summed E-state index contributed by atoms with van der Waals surface area (Å²) >= 11 is 0. The first-order chi connectivity index (χ1) is 11.6. The number of hydrogen-bond donors (Lipinski definition) is 2. The van der Waals surface area contributed by atoms with Crippen molar-refractivity contribution in [2.75, 3.05) is 6.54 Å². The lowest BCUT2D eigenvalue weighted by molar-refractivity contribution is -0.137. The van der Waals surface area contributed by atoms with E-state index in [0.717, 1.165) is 21.7 Å². The number of carboxylic acid groups (broad SMARTS) is 1. The zero-order valence-corrected chi connectivity index (χ0v) is 13.2. The summed E-state index contributed by atoms with van der Waals surface area (Å²) in [7, 11) is 0. The van der Waals surface area contributed by atoms with Crippen LogP contribution < -0.4 is 5.32 Å². The number of rotatable bonds is 7. The fourth-order valence-corrected chi connectivity index (χ4v) is 2.78. The number of benzene rings is 2. The SMILES string of the molecule is O=C(O)CCCCNC(=O)Cc1cc2c(ccc3ccccc32)o1. The van der Waals surface area contributed by atoms with Gasteiger partial charge in [0.15, 0.2) is 0 Å². The summed E-state index contributed by atoms with van der Waals surface area (Å²) in [5.74, 6) is -0.297. The number of amides is 1. The van der Waals surface area contributed by atoms with Crippen molar-refractivity contribution >= 4 is 33.6 Å². The van der Waals surface area contributed by atoms with E-state index in [1.165, 1.54) is 0 Å². The lowest BCUT2D eigenvalue weighted by Crippen LogP contribution is -2.26. The van der Waals surface area contributed by atoms with Crippen LogP contribution in [0.3, 0.4) is 0 Å². The molecule has 1 aromatic heterocycles. The molecule has 0 aliphatic rings. The maximum absolute atomic E-state index is 12.0. The van der Waals surface area contributed by atoms with Gasteiger partial charge in [-0.3, -0.25) is 9.59 Å². The largest absolute Gasteiger partial charge is 0.481 e. The first-order valence-electron chi connectivity index (χ1n) is 8.02. The maximum Gasteiger partial charge on any atom is 0.303 e. The standard InChI is InChI=1S/C19H19NO4/c21-18(20-10-4-3-7-19(22)23)12-14-11-16-15-6-2-1-5-13(15)8-9-17(16)24-14/h1-2,5-6,8-9,11H,3-4,7,10,12H2,(H,20,21)(H,22,23). The van der Waals surface area contributed by atoms with Crippen LogP contribution in [0.15, 0.2) is 46.9 Å². The molecule has 0 aliphatic carbocycles. The quantitative estimate of drug-likeness (QED) is 0.652. The summed E-state index contributed by atoms with van der Waals surface area (Å²) in [5, 5.41) is 14.6. The van der Waals surface area contributed by atoms with Crippen LogP contribution in [0.2, 0.25) is 0 Å². The van der Waals surface area contributed by atoms with Gasteiger partial charge in [0.1, 0.15) is 11.3 Å². The van der Waals surface area contributed by atoms with E-state index in [-0.39, 0.29) is 18.7 Å². The summed E-state index contributed by atoms with van der Waals surface area (Å²) in [6.07, 6.45) is 1.53. The van der Waals surface area contributed by atoms with Gasteiger partial charge in [-0.2, -0.15) is 0 Å². The van der Waals surface area contributed by atoms with E-state index in [1.54, 1.807) is 0 Å². The Hall–Kier alpha value is -2.82. The minimum atomic E-state index is -0.809. The molecule has 0 radical (unpaired) electrons. The van der Waals surface area contributed by atoms with Crippen molar-refractivity contribution in [2.24, 2.45) is 0 Å². The molecule has 5 nitrogen and oxygen atoms in total. The fourth-order valence-electron chi connectivity index (χ4n) is 2.78. The van der Waals surface area contributed by atoms with E-state index in [9.17, 15) is 9.59 Å². The minimum Gasteiger partial charge on any atom is -0.481 e. The smallest absolute Gasteiger partial charge is 0.303 e. The highest BCUT2D eigenvalue weighted by Crippen LogP contribution is 2.28. The average Bonchev–Trinajstić information content (AvgIpc) is 2.97. The van der Waals surface area contributed by atoms with Gasteiger partial charge >= 0.3 is 5.97 Å². The van der Waals surface area contributed by atoms with Crippen molar-refractivity contribution in [2.45, 2.75) is 25.7 Å². The third-order valence-electron chi connectivity index (χ3n) is 3.95.